The van der Waals surface area contributed by atoms with Crippen molar-refractivity contribution in [2.24, 2.45) is 0 Å². The molecule has 0 aliphatic carbocycles. The van der Waals surface area contributed by atoms with E-state index in [-0.39, 0.29) is 0 Å². The summed E-state index contributed by atoms with van der Waals surface area (Å²) in [4.78, 5) is 9.69. The van der Waals surface area contributed by atoms with Gasteiger partial charge >= 0.3 is 144 Å². The third kappa shape index (κ3) is 2.03. The predicted octanol–water partition coefficient (Wildman–Crippen LogP) is 4.85. The van der Waals surface area contributed by atoms with Gasteiger partial charge in [0.25, 0.3) is 0 Å². The first-order valence-corrected chi connectivity index (χ1v) is 8.99. The third-order valence-corrected chi connectivity index (χ3v) is 5.90. The van der Waals surface area contributed by atoms with Gasteiger partial charge in [0.2, 0.25) is 0 Å². The second-order valence-corrected chi connectivity index (χ2v) is 7.43. The zero-order valence-corrected chi connectivity index (χ0v) is 14.5. The Morgan fingerprint density at radius 3 is 1.70 bits per heavy atom. The molecule has 3 heterocycles. The molecule has 0 saturated carbocycles. The number of hydrogen-bond donors (Lipinski definition) is 0. The molecule has 2 aromatic carbocycles. The quantitative estimate of drug-likeness (QED) is 0.285. The van der Waals surface area contributed by atoms with Gasteiger partial charge in [0.1, 0.15) is 0 Å². The first-order chi connectivity index (χ1) is 11.3. The van der Waals surface area contributed by atoms with Crippen molar-refractivity contribution in [2.45, 2.75) is 0 Å². The average Bonchev–Trinajstić information content (AvgIpc) is 2.59. The molecular weight excluding hydrogens is 367 g/mol. The van der Waals surface area contributed by atoms with Crippen LogP contribution in [0.2, 0.25) is 0 Å². The van der Waals surface area contributed by atoms with Crippen LogP contribution >= 0.6 is 11.3 Å². The number of rotatable bonds is 0. The maximum absolute atomic E-state index is 4.85. The summed E-state index contributed by atoms with van der Waals surface area (Å²) in [5.74, 6) is 0. The van der Waals surface area contributed by atoms with E-state index >= 15 is 0 Å². The second kappa shape index (κ2) is 4.93. The van der Waals surface area contributed by atoms with Gasteiger partial charge < -0.3 is 0 Å². The van der Waals surface area contributed by atoms with Gasteiger partial charge in [-0.15, -0.1) is 0 Å². The van der Waals surface area contributed by atoms with E-state index < -0.39 is 0 Å². The molecule has 0 radical (unpaired) electrons. The number of fused-ring (bicyclic) bond motifs is 4. The molecule has 0 fully saturated rings. The summed E-state index contributed by atoms with van der Waals surface area (Å²) in [7, 11) is 0. The Kier molecular flexibility index (Phi) is 2.86. The van der Waals surface area contributed by atoms with E-state index in [1.54, 1.807) is 11.3 Å². The molecule has 0 atom stereocenters. The van der Waals surface area contributed by atoms with E-state index in [1.165, 1.54) is 20.2 Å². The number of benzene rings is 2. The van der Waals surface area contributed by atoms with Crippen LogP contribution in [0.1, 0.15) is 0 Å². The summed E-state index contributed by atoms with van der Waals surface area (Å²) in [6, 6.07) is 20.9. The van der Waals surface area contributed by atoms with Crippen LogP contribution < -0.4 is 0 Å². The molecular formula is C19H10N2SSe. The standard InChI is InChI=1S/C19H10N2SSe/c23-19-17-15(9-11-5-1-3-7-13(11)20-17)22-16-10-12-6-2-4-8-14(12)21-18(16)19/h1-10H. The summed E-state index contributed by atoms with van der Waals surface area (Å²) in [6.45, 7) is 0. The number of hydrogen-bond acceptors (Lipinski definition) is 3. The second-order valence-electron chi connectivity index (χ2n) is 5.49. The molecule has 2 nitrogen and oxygen atoms in total. The van der Waals surface area contributed by atoms with E-state index in [1.807, 2.05) is 12.1 Å². The molecule has 0 bridgehead atoms. The average molecular weight is 377 g/mol. The van der Waals surface area contributed by atoms with Crippen molar-refractivity contribution >= 4 is 69.2 Å². The molecule has 5 aromatic rings. The minimum atomic E-state index is 1.00. The third-order valence-electron chi connectivity index (χ3n) is 4.03. The normalized spacial score (nSPS) is 11.7. The summed E-state index contributed by atoms with van der Waals surface area (Å²) in [5, 5.41) is 2.34. The molecule has 0 N–H and O–H groups in total. The van der Waals surface area contributed by atoms with Gasteiger partial charge in [-0.1, -0.05) is 0 Å². The topological polar surface area (TPSA) is 25.8 Å². The summed E-state index contributed by atoms with van der Waals surface area (Å²) in [6.07, 6.45) is 0. The van der Waals surface area contributed by atoms with Crippen molar-refractivity contribution in [1.82, 2.24) is 9.97 Å². The molecule has 3 aromatic heterocycles. The van der Waals surface area contributed by atoms with Crippen molar-refractivity contribution in [3.63, 3.8) is 0 Å². The first kappa shape index (κ1) is 13.3. The number of aromatic nitrogens is 2. The van der Waals surface area contributed by atoms with Crippen LogP contribution in [0, 0.1) is 4.06 Å². The van der Waals surface area contributed by atoms with Crippen LogP contribution in [-0.2, 0) is 0 Å². The molecule has 23 heavy (non-hydrogen) atoms. The molecule has 0 amide bonds. The molecule has 0 aliphatic rings. The van der Waals surface area contributed by atoms with Gasteiger partial charge in [-0.2, -0.15) is 0 Å². The van der Waals surface area contributed by atoms with Crippen molar-refractivity contribution in [1.29, 1.82) is 0 Å². The van der Waals surface area contributed by atoms with E-state index in [2.05, 4.69) is 64.1 Å². The van der Waals surface area contributed by atoms with Gasteiger partial charge in [-0.3, -0.25) is 0 Å². The minimum absolute atomic E-state index is 1.00. The Hall–Kier alpha value is -2.13. The fourth-order valence-corrected chi connectivity index (χ4v) is 4.95. The number of pyridine rings is 2. The monoisotopic (exact) mass is 378 g/mol. The first-order valence-electron chi connectivity index (χ1n) is 7.32. The molecule has 0 aliphatic heterocycles. The van der Waals surface area contributed by atoms with E-state index in [0.717, 1.165) is 26.1 Å². The van der Waals surface area contributed by atoms with Gasteiger partial charge in [-0.25, -0.2) is 0 Å². The molecule has 4 heteroatoms. The van der Waals surface area contributed by atoms with E-state index in [0.29, 0.717) is 0 Å². The Bertz CT molecular complexity index is 1190. The van der Waals surface area contributed by atoms with Gasteiger partial charge in [0.15, 0.2) is 0 Å². The Balaban J connectivity index is 2.01. The van der Waals surface area contributed by atoms with Crippen molar-refractivity contribution < 1.29 is 0 Å². The van der Waals surface area contributed by atoms with Crippen LogP contribution in [0.4, 0.5) is 0 Å². The zero-order chi connectivity index (χ0) is 15.4. The van der Waals surface area contributed by atoms with Gasteiger partial charge in [0.05, 0.1) is 0 Å². The Morgan fingerprint density at radius 1 is 0.696 bits per heavy atom. The maximum atomic E-state index is 4.85. The molecule has 108 valence electrons. The fourth-order valence-electron chi connectivity index (χ4n) is 2.90. The Labute approximate surface area is 143 Å². The van der Waals surface area contributed by atoms with Crippen molar-refractivity contribution in [3.05, 3.63) is 64.7 Å². The van der Waals surface area contributed by atoms with E-state index in [9.17, 15) is 0 Å². The molecule has 0 saturated heterocycles. The van der Waals surface area contributed by atoms with E-state index in [4.69, 9.17) is 9.97 Å². The number of nitrogens with zero attached hydrogens (tertiary/aromatic N) is 2. The Morgan fingerprint density at radius 2 is 1.17 bits per heavy atom. The van der Waals surface area contributed by atoms with Crippen LogP contribution in [0.5, 0.6) is 0 Å². The van der Waals surface area contributed by atoms with Gasteiger partial charge in [0, 0.05) is 0 Å². The molecule has 5 rings (SSSR count). The molecule has 0 unspecified atom stereocenters. The fraction of sp³-hybridized carbons (Fsp3) is 0. The summed E-state index contributed by atoms with van der Waals surface area (Å²) in [5.41, 5.74) is 4.04. The predicted molar refractivity (Wildman–Crippen MR) is 98.9 cm³/mol. The van der Waals surface area contributed by atoms with Crippen molar-refractivity contribution in [3.8, 4) is 0 Å². The summed E-state index contributed by atoms with van der Waals surface area (Å²) >= 11 is 4.95. The van der Waals surface area contributed by atoms with Crippen LogP contribution in [0.15, 0.2) is 60.7 Å². The molecule has 0 spiro atoms. The van der Waals surface area contributed by atoms with Crippen LogP contribution in [0.25, 0.3) is 42.2 Å². The summed E-state index contributed by atoms with van der Waals surface area (Å²) < 4.78 is 3.40. The van der Waals surface area contributed by atoms with Gasteiger partial charge in [-0.05, 0) is 0 Å². The zero-order valence-electron chi connectivity index (χ0n) is 12.0. The SMILES string of the molecule is [Se]=c1c2nc3ccccc3cc2sc2cc3ccccc3nc12. The van der Waals surface area contributed by atoms with Crippen LogP contribution in [-0.4, -0.2) is 25.5 Å². The van der Waals surface area contributed by atoms with Crippen LogP contribution in [0.3, 0.4) is 0 Å². The van der Waals surface area contributed by atoms with Crippen molar-refractivity contribution in [2.75, 3.05) is 0 Å². The number of para-hydroxylation sites is 2.